The highest BCUT2D eigenvalue weighted by atomic mass is 19.1. The first kappa shape index (κ1) is 15.9. The number of rotatable bonds is 4. The zero-order chi connectivity index (χ0) is 17.1. The van der Waals surface area contributed by atoms with Crippen molar-refractivity contribution in [1.82, 2.24) is 9.99 Å². The molecule has 0 radical (unpaired) electrons. The fourth-order valence-electron chi connectivity index (χ4n) is 2.59. The van der Waals surface area contributed by atoms with E-state index in [1.807, 2.05) is 24.4 Å². The van der Waals surface area contributed by atoms with Crippen molar-refractivity contribution < 1.29 is 9.18 Å². The Morgan fingerprint density at radius 1 is 1.17 bits per heavy atom. The summed E-state index contributed by atoms with van der Waals surface area (Å²) in [5.41, 5.74) is 4.88. The summed E-state index contributed by atoms with van der Waals surface area (Å²) >= 11 is 0. The maximum atomic E-state index is 12.9. The number of nitrogens with one attached hydrogen (secondary N) is 1. The third kappa shape index (κ3) is 3.20. The van der Waals surface area contributed by atoms with E-state index in [1.54, 1.807) is 6.21 Å². The molecule has 4 nitrogen and oxygen atoms in total. The lowest BCUT2D eigenvalue weighted by Crippen LogP contribution is -2.17. The number of nitrogens with zero attached hydrogens (tertiary/aromatic N) is 2. The number of hydrazone groups is 1. The van der Waals surface area contributed by atoms with E-state index >= 15 is 0 Å². The van der Waals surface area contributed by atoms with E-state index in [-0.39, 0.29) is 11.7 Å². The Hall–Kier alpha value is -2.95. The molecule has 0 saturated heterocycles. The first-order valence-electron chi connectivity index (χ1n) is 7.75. The van der Waals surface area contributed by atoms with Gasteiger partial charge >= 0.3 is 0 Å². The second-order valence-corrected chi connectivity index (χ2v) is 5.81. The molecule has 3 rings (SSSR count). The summed E-state index contributed by atoms with van der Waals surface area (Å²) in [5.74, 6) is -0.754. The lowest BCUT2D eigenvalue weighted by Gasteiger charge is -2.08. The average molecular weight is 323 g/mol. The third-order valence-electron chi connectivity index (χ3n) is 3.80. The van der Waals surface area contributed by atoms with Crippen LogP contribution in [0.1, 0.15) is 35.8 Å². The van der Waals surface area contributed by atoms with E-state index in [0.29, 0.717) is 11.6 Å². The molecule has 24 heavy (non-hydrogen) atoms. The van der Waals surface area contributed by atoms with Gasteiger partial charge < -0.3 is 4.57 Å². The molecular formula is C19H18FN3O. The summed E-state index contributed by atoms with van der Waals surface area (Å²) in [7, 11) is 0. The maximum Gasteiger partial charge on any atom is 0.271 e. The summed E-state index contributed by atoms with van der Waals surface area (Å²) in [5, 5.41) is 5.11. The molecule has 0 saturated carbocycles. The van der Waals surface area contributed by atoms with Gasteiger partial charge in [0.2, 0.25) is 0 Å². The van der Waals surface area contributed by atoms with Gasteiger partial charge in [0.15, 0.2) is 0 Å². The van der Waals surface area contributed by atoms with Gasteiger partial charge in [-0.1, -0.05) is 18.2 Å². The van der Waals surface area contributed by atoms with Gasteiger partial charge in [-0.15, -0.1) is 0 Å². The molecule has 5 heteroatoms. The van der Waals surface area contributed by atoms with Crippen molar-refractivity contribution in [1.29, 1.82) is 0 Å². The molecule has 0 aliphatic heterocycles. The summed E-state index contributed by atoms with van der Waals surface area (Å²) in [6.45, 7) is 4.23. The Kier molecular flexibility index (Phi) is 4.42. The number of aromatic nitrogens is 1. The smallest absolute Gasteiger partial charge is 0.271 e. The van der Waals surface area contributed by atoms with Crippen LogP contribution in [-0.2, 0) is 0 Å². The standard InChI is InChI=1S/C19H18FN3O/c1-13(2)23-12-15(17-5-3-4-6-18(17)23)11-21-22-19(24)14-7-9-16(20)10-8-14/h3-13H,1-2H3,(H,22,24)/b21-11-. The Morgan fingerprint density at radius 2 is 1.88 bits per heavy atom. The number of para-hydroxylation sites is 1. The molecule has 0 spiro atoms. The maximum absolute atomic E-state index is 12.9. The number of hydrogen-bond acceptors (Lipinski definition) is 2. The van der Waals surface area contributed by atoms with Crippen LogP contribution in [0, 0.1) is 5.82 Å². The van der Waals surface area contributed by atoms with E-state index in [0.717, 1.165) is 16.5 Å². The highest BCUT2D eigenvalue weighted by Gasteiger charge is 2.09. The molecule has 122 valence electrons. The largest absolute Gasteiger partial charge is 0.344 e. The highest BCUT2D eigenvalue weighted by molar-refractivity contribution is 6.00. The molecule has 3 aromatic rings. The van der Waals surface area contributed by atoms with Crippen LogP contribution in [0.25, 0.3) is 10.9 Å². The van der Waals surface area contributed by atoms with Crippen LogP contribution in [0.5, 0.6) is 0 Å². The summed E-state index contributed by atoms with van der Waals surface area (Å²) in [6.07, 6.45) is 3.64. The average Bonchev–Trinajstić information content (AvgIpc) is 2.95. The van der Waals surface area contributed by atoms with Gasteiger partial charge in [-0.25, -0.2) is 9.82 Å². The van der Waals surface area contributed by atoms with Crippen LogP contribution >= 0.6 is 0 Å². The SMILES string of the molecule is CC(C)n1cc(/C=N\NC(=O)c2ccc(F)cc2)c2ccccc21. The van der Waals surface area contributed by atoms with Gasteiger partial charge in [0.25, 0.3) is 5.91 Å². The second kappa shape index (κ2) is 6.66. The lowest BCUT2D eigenvalue weighted by atomic mass is 10.2. The molecule has 1 amide bonds. The van der Waals surface area contributed by atoms with E-state index < -0.39 is 0 Å². The van der Waals surface area contributed by atoms with Crippen molar-refractivity contribution in [2.75, 3.05) is 0 Å². The third-order valence-corrected chi connectivity index (χ3v) is 3.80. The first-order valence-corrected chi connectivity index (χ1v) is 7.75. The minimum absolute atomic E-state index is 0.325. The molecule has 1 heterocycles. The van der Waals surface area contributed by atoms with Crippen molar-refractivity contribution >= 4 is 23.0 Å². The molecule has 1 aromatic heterocycles. The molecule has 0 aliphatic rings. The molecule has 0 bridgehead atoms. The van der Waals surface area contributed by atoms with Gasteiger partial charge in [0.1, 0.15) is 5.82 Å². The van der Waals surface area contributed by atoms with Crippen molar-refractivity contribution in [2.45, 2.75) is 19.9 Å². The monoisotopic (exact) mass is 323 g/mol. The number of carbonyl (C=O) groups excluding carboxylic acids is 1. The Labute approximate surface area is 139 Å². The predicted molar refractivity (Wildman–Crippen MR) is 93.8 cm³/mol. The fourth-order valence-corrected chi connectivity index (χ4v) is 2.59. The molecule has 0 fully saturated rings. The normalized spacial score (nSPS) is 11.5. The van der Waals surface area contributed by atoms with Gasteiger partial charge in [-0.05, 0) is 44.2 Å². The highest BCUT2D eigenvalue weighted by Crippen LogP contribution is 2.23. The molecule has 0 aliphatic carbocycles. The Bertz CT molecular complexity index is 895. The van der Waals surface area contributed by atoms with E-state index in [4.69, 9.17) is 0 Å². The number of benzene rings is 2. The van der Waals surface area contributed by atoms with Gasteiger partial charge in [-0.2, -0.15) is 5.10 Å². The molecular weight excluding hydrogens is 305 g/mol. The van der Waals surface area contributed by atoms with E-state index in [9.17, 15) is 9.18 Å². The van der Waals surface area contributed by atoms with Crippen molar-refractivity contribution in [3.8, 4) is 0 Å². The van der Waals surface area contributed by atoms with Crippen molar-refractivity contribution in [3.05, 3.63) is 71.7 Å². The quantitative estimate of drug-likeness (QED) is 0.569. The molecule has 0 unspecified atom stereocenters. The number of amides is 1. The zero-order valence-electron chi connectivity index (χ0n) is 13.5. The topological polar surface area (TPSA) is 46.4 Å². The summed E-state index contributed by atoms with van der Waals surface area (Å²) < 4.78 is 15.0. The minimum atomic E-state index is -0.378. The van der Waals surface area contributed by atoms with E-state index in [1.165, 1.54) is 24.3 Å². The second-order valence-electron chi connectivity index (χ2n) is 5.81. The van der Waals surface area contributed by atoms with Crippen molar-refractivity contribution in [2.24, 2.45) is 5.10 Å². The molecule has 1 N–H and O–H groups in total. The molecule has 0 atom stereocenters. The Morgan fingerprint density at radius 3 is 2.58 bits per heavy atom. The van der Waals surface area contributed by atoms with E-state index in [2.05, 4.69) is 35.0 Å². The van der Waals surface area contributed by atoms with Gasteiger partial charge in [0.05, 0.1) is 6.21 Å². The fraction of sp³-hybridized carbons (Fsp3) is 0.158. The number of carbonyl (C=O) groups is 1. The van der Waals surface area contributed by atoms with Crippen LogP contribution in [0.15, 0.2) is 59.8 Å². The van der Waals surface area contributed by atoms with Crippen LogP contribution in [0.2, 0.25) is 0 Å². The first-order chi connectivity index (χ1) is 11.6. The van der Waals surface area contributed by atoms with Crippen LogP contribution in [0.4, 0.5) is 4.39 Å². The van der Waals surface area contributed by atoms with Crippen molar-refractivity contribution in [3.63, 3.8) is 0 Å². The van der Waals surface area contributed by atoms with Crippen LogP contribution in [0.3, 0.4) is 0 Å². The number of halogens is 1. The van der Waals surface area contributed by atoms with Gasteiger partial charge in [0, 0.05) is 34.3 Å². The summed E-state index contributed by atoms with van der Waals surface area (Å²) in [6, 6.07) is 13.7. The number of hydrogen-bond donors (Lipinski definition) is 1. The summed E-state index contributed by atoms with van der Waals surface area (Å²) in [4.78, 5) is 12.0. The predicted octanol–water partition coefficient (Wildman–Crippen LogP) is 4.13. The van der Waals surface area contributed by atoms with Gasteiger partial charge in [-0.3, -0.25) is 4.79 Å². The molecule has 2 aromatic carbocycles. The lowest BCUT2D eigenvalue weighted by molar-refractivity contribution is 0.0955. The zero-order valence-corrected chi connectivity index (χ0v) is 13.5. The van der Waals surface area contributed by atoms with Crippen LogP contribution in [-0.4, -0.2) is 16.7 Å². The Balaban J connectivity index is 1.81. The minimum Gasteiger partial charge on any atom is -0.344 e. The van der Waals surface area contributed by atoms with Crippen LogP contribution < -0.4 is 5.43 Å². The number of fused-ring (bicyclic) bond motifs is 1.